The van der Waals surface area contributed by atoms with Crippen LogP contribution in [0, 0.1) is 0 Å². The van der Waals surface area contributed by atoms with Crippen LogP contribution in [-0.4, -0.2) is 28.3 Å². The highest BCUT2D eigenvalue weighted by molar-refractivity contribution is 5.72. The van der Waals surface area contributed by atoms with Crippen LogP contribution in [0.4, 0.5) is 0 Å². The summed E-state index contributed by atoms with van der Waals surface area (Å²) in [7, 11) is 0. The van der Waals surface area contributed by atoms with Crippen molar-refractivity contribution in [3.63, 3.8) is 0 Å². The smallest absolute Gasteiger partial charge is 0.336 e. The molecular formula is C6H9O5. The standard InChI is InChI=1S/C6H9O5/c7-4(6(10)11)2-1-3-5(8)9/h4H,1-3H2,(H,8,9)(H,10,11). The quantitative estimate of drug-likeness (QED) is 0.598. The fourth-order valence-corrected chi connectivity index (χ4v) is 0.562. The molecular weight excluding hydrogens is 152 g/mol. The van der Waals surface area contributed by atoms with Gasteiger partial charge in [-0.15, -0.1) is 0 Å². The van der Waals surface area contributed by atoms with Gasteiger partial charge in [0.05, 0.1) is 0 Å². The summed E-state index contributed by atoms with van der Waals surface area (Å²) in [5.41, 5.74) is 0. The third-order valence-corrected chi connectivity index (χ3v) is 1.13. The number of hydrogen-bond donors (Lipinski definition) is 2. The van der Waals surface area contributed by atoms with E-state index in [2.05, 4.69) is 0 Å². The van der Waals surface area contributed by atoms with E-state index < -0.39 is 18.0 Å². The summed E-state index contributed by atoms with van der Waals surface area (Å²) in [5.74, 6) is -2.43. The molecule has 0 aliphatic carbocycles. The van der Waals surface area contributed by atoms with Crippen molar-refractivity contribution in [1.29, 1.82) is 0 Å². The Kier molecular flexibility index (Phi) is 4.21. The van der Waals surface area contributed by atoms with Crippen molar-refractivity contribution in [1.82, 2.24) is 0 Å². The molecule has 0 saturated heterocycles. The van der Waals surface area contributed by atoms with Gasteiger partial charge in [0.1, 0.15) is 0 Å². The van der Waals surface area contributed by atoms with Gasteiger partial charge in [-0.2, -0.15) is 0 Å². The van der Waals surface area contributed by atoms with Gasteiger partial charge in [0.15, 0.2) is 6.10 Å². The number of hydrogen-bond acceptors (Lipinski definition) is 2. The molecule has 1 radical (unpaired) electrons. The number of carboxylic acid groups (broad SMARTS) is 2. The molecule has 0 aliphatic rings. The minimum absolute atomic E-state index is 0.121. The SMILES string of the molecule is [O]C(CCCC(=O)O)C(=O)O. The molecule has 0 aromatic heterocycles. The number of rotatable bonds is 5. The van der Waals surface area contributed by atoms with Gasteiger partial charge in [0, 0.05) is 6.42 Å². The highest BCUT2D eigenvalue weighted by atomic mass is 16.4. The first kappa shape index (κ1) is 9.90. The van der Waals surface area contributed by atoms with Gasteiger partial charge in [-0.3, -0.25) is 4.79 Å². The minimum Gasteiger partial charge on any atom is -0.481 e. The van der Waals surface area contributed by atoms with Crippen molar-refractivity contribution in [3.05, 3.63) is 0 Å². The summed E-state index contributed by atoms with van der Waals surface area (Å²) in [5, 5.41) is 26.6. The molecule has 2 N–H and O–H groups in total. The second kappa shape index (κ2) is 4.68. The Hall–Kier alpha value is -1.10. The van der Waals surface area contributed by atoms with E-state index in [0.717, 1.165) is 0 Å². The first-order chi connectivity index (χ1) is 5.04. The van der Waals surface area contributed by atoms with Crippen LogP contribution in [0.2, 0.25) is 0 Å². The van der Waals surface area contributed by atoms with Crippen LogP contribution in [0.3, 0.4) is 0 Å². The van der Waals surface area contributed by atoms with Crippen LogP contribution < -0.4 is 0 Å². The van der Waals surface area contributed by atoms with E-state index >= 15 is 0 Å². The van der Waals surface area contributed by atoms with E-state index in [0.29, 0.717) is 0 Å². The summed E-state index contributed by atoms with van der Waals surface area (Å²) in [4.78, 5) is 19.8. The first-order valence-electron chi connectivity index (χ1n) is 3.14. The third kappa shape index (κ3) is 5.35. The van der Waals surface area contributed by atoms with Gasteiger partial charge in [0.25, 0.3) is 0 Å². The molecule has 11 heavy (non-hydrogen) atoms. The van der Waals surface area contributed by atoms with Gasteiger partial charge < -0.3 is 10.2 Å². The van der Waals surface area contributed by atoms with Crippen molar-refractivity contribution < 1.29 is 24.9 Å². The molecule has 0 rings (SSSR count). The van der Waals surface area contributed by atoms with Gasteiger partial charge in [-0.1, -0.05) is 0 Å². The topological polar surface area (TPSA) is 94.5 Å². The lowest BCUT2D eigenvalue weighted by atomic mass is 10.1. The zero-order chi connectivity index (χ0) is 8.85. The maximum absolute atomic E-state index is 10.4. The molecule has 0 heterocycles. The zero-order valence-corrected chi connectivity index (χ0v) is 5.82. The largest absolute Gasteiger partial charge is 0.481 e. The Morgan fingerprint density at radius 2 is 1.82 bits per heavy atom. The third-order valence-electron chi connectivity index (χ3n) is 1.13. The minimum atomic E-state index is -1.69. The summed E-state index contributed by atoms with van der Waals surface area (Å²) in [6, 6.07) is 0. The molecule has 0 aromatic carbocycles. The molecule has 0 amide bonds. The highest BCUT2D eigenvalue weighted by Crippen LogP contribution is 2.01. The normalized spacial score (nSPS) is 12.5. The Morgan fingerprint density at radius 3 is 2.18 bits per heavy atom. The van der Waals surface area contributed by atoms with Crippen molar-refractivity contribution >= 4 is 11.9 Å². The predicted molar refractivity (Wildman–Crippen MR) is 33.6 cm³/mol. The summed E-state index contributed by atoms with van der Waals surface area (Å²) in [6.07, 6.45) is -1.84. The molecule has 0 fully saturated rings. The van der Waals surface area contributed by atoms with Crippen molar-refractivity contribution in [2.75, 3.05) is 0 Å². The highest BCUT2D eigenvalue weighted by Gasteiger charge is 2.14. The molecule has 1 unspecified atom stereocenters. The fourth-order valence-electron chi connectivity index (χ4n) is 0.562. The van der Waals surface area contributed by atoms with E-state index in [1.54, 1.807) is 0 Å². The van der Waals surface area contributed by atoms with Crippen LogP contribution in [0.1, 0.15) is 19.3 Å². The van der Waals surface area contributed by atoms with Gasteiger partial charge in [-0.05, 0) is 12.8 Å². The Labute approximate surface area is 63.3 Å². The van der Waals surface area contributed by atoms with Crippen molar-refractivity contribution in [2.45, 2.75) is 25.4 Å². The van der Waals surface area contributed by atoms with Crippen LogP contribution in [0.5, 0.6) is 0 Å². The second-order valence-electron chi connectivity index (χ2n) is 2.11. The van der Waals surface area contributed by atoms with E-state index in [1.165, 1.54) is 0 Å². The molecule has 0 bridgehead atoms. The van der Waals surface area contributed by atoms with Crippen molar-refractivity contribution in [2.24, 2.45) is 0 Å². The molecule has 0 aliphatic heterocycles. The van der Waals surface area contributed by atoms with Crippen LogP contribution in [0.15, 0.2) is 0 Å². The summed E-state index contributed by atoms with van der Waals surface area (Å²) < 4.78 is 0. The molecule has 0 saturated carbocycles. The monoisotopic (exact) mass is 161 g/mol. The average molecular weight is 161 g/mol. The van der Waals surface area contributed by atoms with E-state index in [9.17, 15) is 14.7 Å². The maximum Gasteiger partial charge on any atom is 0.336 e. The molecule has 1 atom stereocenters. The van der Waals surface area contributed by atoms with Gasteiger partial charge >= 0.3 is 11.9 Å². The first-order valence-corrected chi connectivity index (χ1v) is 3.14. The molecule has 5 nitrogen and oxygen atoms in total. The Morgan fingerprint density at radius 1 is 1.27 bits per heavy atom. The van der Waals surface area contributed by atoms with Crippen LogP contribution in [0.25, 0.3) is 0 Å². The zero-order valence-electron chi connectivity index (χ0n) is 5.82. The molecule has 0 spiro atoms. The number of carbonyl (C=O) groups is 2. The fraction of sp³-hybridized carbons (Fsp3) is 0.667. The second-order valence-corrected chi connectivity index (χ2v) is 2.11. The summed E-state index contributed by atoms with van der Waals surface area (Å²) >= 11 is 0. The predicted octanol–water partition coefficient (Wildman–Crippen LogP) is 0.125. The molecule has 63 valence electrons. The molecule has 0 aromatic rings. The average Bonchev–Trinajstić information content (AvgIpc) is 1.86. The van der Waals surface area contributed by atoms with E-state index in [-0.39, 0.29) is 19.3 Å². The van der Waals surface area contributed by atoms with Crippen LogP contribution >= 0.6 is 0 Å². The number of aliphatic carboxylic acids is 2. The van der Waals surface area contributed by atoms with E-state index in [4.69, 9.17) is 10.2 Å². The van der Waals surface area contributed by atoms with Crippen LogP contribution in [-0.2, 0) is 14.7 Å². The molecule has 5 heteroatoms. The van der Waals surface area contributed by atoms with Gasteiger partial charge in [-0.25, -0.2) is 9.90 Å². The summed E-state index contributed by atoms with van der Waals surface area (Å²) in [6.45, 7) is 0. The lowest BCUT2D eigenvalue weighted by Gasteiger charge is -1.99. The van der Waals surface area contributed by atoms with Gasteiger partial charge in [0.2, 0.25) is 0 Å². The van der Waals surface area contributed by atoms with E-state index in [1.807, 2.05) is 0 Å². The lowest BCUT2D eigenvalue weighted by Crippen LogP contribution is -2.17. The lowest BCUT2D eigenvalue weighted by molar-refractivity contribution is -0.151. The van der Waals surface area contributed by atoms with Crippen molar-refractivity contribution in [3.8, 4) is 0 Å². The Balaban J connectivity index is 3.39. The Bertz CT molecular complexity index is 153. The maximum atomic E-state index is 10.4. The number of carboxylic acids is 2.